The fourth-order valence-corrected chi connectivity index (χ4v) is 1.31. The zero-order chi connectivity index (χ0) is 12.7. The van der Waals surface area contributed by atoms with Crippen molar-refractivity contribution in [2.24, 2.45) is 5.73 Å². The van der Waals surface area contributed by atoms with E-state index in [4.69, 9.17) is 10.5 Å². The van der Waals surface area contributed by atoms with Gasteiger partial charge >= 0.3 is 5.97 Å². The number of aromatic amines is 1. The van der Waals surface area contributed by atoms with Gasteiger partial charge in [-0.05, 0) is 6.92 Å². The minimum Gasteiger partial charge on any atom is -0.464 e. The lowest BCUT2D eigenvalue weighted by Crippen LogP contribution is -2.45. The lowest BCUT2D eigenvalue weighted by atomic mass is 10.1. The van der Waals surface area contributed by atoms with Crippen LogP contribution in [0.15, 0.2) is 12.5 Å². The zero-order valence-corrected chi connectivity index (χ0v) is 9.60. The van der Waals surface area contributed by atoms with Gasteiger partial charge in [0, 0.05) is 18.3 Å². The number of hydrogen-bond acceptors (Lipinski definition) is 5. The third-order valence-corrected chi connectivity index (χ3v) is 2.07. The van der Waals surface area contributed by atoms with Crippen LogP contribution in [0.3, 0.4) is 0 Å². The molecule has 0 aliphatic carbocycles. The number of hydrogen-bond donors (Lipinski definition) is 3. The first-order valence-electron chi connectivity index (χ1n) is 5.30. The molecule has 0 saturated carbocycles. The van der Waals surface area contributed by atoms with Gasteiger partial charge in [-0.1, -0.05) is 0 Å². The molecule has 0 saturated heterocycles. The van der Waals surface area contributed by atoms with E-state index in [0.29, 0.717) is 6.42 Å². The van der Waals surface area contributed by atoms with E-state index in [2.05, 4.69) is 15.3 Å². The molecular formula is C10H16N4O3. The summed E-state index contributed by atoms with van der Waals surface area (Å²) in [6.45, 7) is 1.80. The Morgan fingerprint density at radius 2 is 2.41 bits per heavy atom. The molecule has 4 N–H and O–H groups in total. The van der Waals surface area contributed by atoms with Crippen LogP contribution in [-0.4, -0.2) is 41.0 Å². The monoisotopic (exact) mass is 240 g/mol. The number of nitrogens with one attached hydrogen (secondary N) is 2. The second kappa shape index (κ2) is 6.64. The van der Waals surface area contributed by atoms with E-state index < -0.39 is 17.9 Å². The highest BCUT2D eigenvalue weighted by Crippen LogP contribution is 2.00. The molecule has 0 spiro atoms. The van der Waals surface area contributed by atoms with Gasteiger partial charge in [0.05, 0.1) is 19.5 Å². The summed E-state index contributed by atoms with van der Waals surface area (Å²) in [5.41, 5.74) is 5.92. The van der Waals surface area contributed by atoms with Crippen molar-refractivity contribution < 1.29 is 14.3 Å². The van der Waals surface area contributed by atoms with E-state index in [0.717, 1.165) is 5.69 Å². The number of nitrogens with two attached hydrogens (primary N) is 1. The van der Waals surface area contributed by atoms with Crippen LogP contribution in [0, 0.1) is 0 Å². The topological polar surface area (TPSA) is 110 Å². The van der Waals surface area contributed by atoms with Gasteiger partial charge in [-0.3, -0.25) is 4.79 Å². The summed E-state index contributed by atoms with van der Waals surface area (Å²) >= 11 is 0. The van der Waals surface area contributed by atoms with E-state index in [1.165, 1.54) is 6.33 Å². The highest BCUT2D eigenvalue weighted by molar-refractivity contribution is 5.85. The Bertz CT molecular complexity index is 364. The molecule has 1 rings (SSSR count). The third kappa shape index (κ3) is 4.23. The third-order valence-electron chi connectivity index (χ3n) is 2.07. The van der Waals surface area contributed by atoms with E-state index in [9.17, 15) is 9.59 Å². The van der Waals surface area contributed by atoms with Crippen LogP contribution in [-0.2, 0) is 20.7 Å². The molecule has 0 bridgehead atoms. The van der Waals surface area contributed by atoms with Gasteiger partial charge in [-0.2, -0.15) is 0 Å². The second-order valence-corrected chi connectivity index (χ2v) is 3.36. The number of ether oxygens (including phenoxy) is 1. The van der Waals surface area contributed by atoms with Crippen LogP contribution < -0.4 is 11.1 Å². The zero-order valence-electron chi connectivity index (χ0n) is 9.60. The first-order chi connectivity index (χ1) is 8.17. The van der Waals surface area contributed by atoms with Crippen molar-refractivity contribution in [3.63, 3.8) is 0 Å². The second-order valence-electron chi connectivity index (χ2n) is 3.36. The van der Waals surface area contributed by atoms with Crippen molar-refractivity contribution >= 4 is 11.9 Å². The average molecular weight is 240 g/mol. The molecule has 0 radical (unpaired) electrons. The van der Waals surface area contributed by atoms with Crippen LogP contribution in [0.4, 0.5) is 0 Å². The fourth-order valence-electron chi connectivity index (χ4n) is 1.31. The Morgan fingerprint density at radius 3 is 2.94 bits per heavy atom. The predicted molar refractivity (Wildman–Crippen MR) is 59.9 cm³/mol. The highest BCUT2D eigenvalue weighted by atomic mass is 16.5. The Hall–Kier alpha value is -1.89. The normalized spacial score (nSPS) is 11.9. The first kappa shape index (κ1) is 13.2. The first-order valence-corrected chi connectivity index (χ1v) is 5.30. The van der Waals surface area contributed by atoms with Crippen molar-refractivity contribution in [3.05, 3.63) is 18.2 Å². The minimum absolute atomic E-state index is 0.168. The van der Waals surface area contributed by atoms with E-state index >= 15 is 0 Å². The molecule has 0 aliphatic heterocycles. The number of aromatic nitrogens is 2. The lowest BCUT2D eigenvalue weighted by Gasteiger charge is -2.15. The van der Waals surface area contributed by atoms with Crippen molar-refractivity contribution in [2.45, 2.75) is 19.4 Å². The van der Waals surface area contributed by atoms with Gasteiger partial charge in [0.1, 0.15) is 6.04 Å². The summed E-state index contributed by atoms with van der Waals surface area (Å²) in [7, 11) is 0. The molecule has 94 valence electrons. The average Bonchev–Trinajstić information content (AvgIpc) is 2.81. The molecule has 7 heteroatoms. The molecule has 0 fully saturated rings. The maximum atomic E-state index is 11.6. The summed E-state index contributed by atoms with van der Waals surface area (Å²) in [6.07, 6.45) is 3.38. The molecule has 1 heterocycles. The van der Waals surface area contributed by atoms with Gasteiger partial charge in [0.15, 0.2) is 0 Å². The number of H-pyrrole nitrogens is 1. The largest absolute Gasteiger partial charge is 0.464 e. The summed E-state index contributed by atoms with van der Waals surface area (Å²) in [5, 5.41) is 2.50. The van der Waals surface area contributed by atoms with Gasteiger partial charge in [0.2, 0.25) is 5.91 Å². The number of imidazole rings is 1. The highest BCUT2D eigenvalue weighted by Gasteiger charge is 2.22. The number of amides is 1. The Labute approximate surface area is 98.7 Å². The van der Waals surface area contributed by atoms with Gasteiger partial charge in [0.25, 0.3) is 0 Å². The number of carbonyl (C=O) groups is 2. The number of esters is 1. The van der Waals surface area contributed by atoms with E-state index in [1.54, 1.807) is 13.1 Å². The van der Waals surface area contributed by atoms with Crippen molar-refractivity contribution in [3.8, 4) is 0 Å². The Balaban J connectivity index is 2.64. The molecule has 0 aliphatic rings. The summed E-state index contributed by atoms with van der Waals surface area (Å²) in [5.74, 6) is -0.883. The molecule has 7 nitrogen and oxygen atoms in total. The number of nitrogens with zero attached hydrogens (tertiary/aromatic N) is 1. The van der Waals surface area contributed by atoms with Crippen LogP contribution in [0.5, 0.6) is 0 Å². The summed E-state index contributed by atoms with van der Waals surface area (Å²) < 4.78 is 4.87. The summed E-state index contributed by atoms with van der Waals surface area (Å²) in [6, 6.07) is -0.744. The van der Waals surface area contributed by atoms with Gasteiger partial charge in [-0.25, -0.2) is 9.78 Å². The van der Waals surface area contributed by atoms with Crippen molar-refractivity contribution in [1.82, 2.24) is 15.3 Å². The lowest BCUT2D eigenvalue weighted by molar-refractivity contribution is -0.147. The summed E-state index contributed by atoms with van der Waals surface area (Å²) in [4.78, 5) is 29.5. The number of carbonyl (C=O) groups excluding carboxylic acids is 2. The van der Waals surface area contributed by atoms with Crippen LogP contribution in [0.25, 0.3) is 0 Å². The quantitative estimate of drug-likeness (QED) is 0.550. The van der Waals surface area contributed by atoms with E-state index in [-0.39, 0.29) is 13.2 Å². The number of rotatable bonds is 6. The fraction of sp³-hybridized carbons (Fsp3) is 0.500. The molecular weight excluding hydrogens is 224 g/mol. The van der Waals surface area contributed by atoms with Gasteiger partial charge in [-0.15, -0.1) is 0 Å². The molecule has 1 amide bonds. The van der Waals surface area contributed by atoms with Crippen LogP contribution in [0.2, 0.25) is 0 Å². The molecule has 17 heavy (non-hydrogen) atoms. The smallest absolute Gasteiger partial charge is 0.329 e. The maximum Gasteiger partial charge on any atom is 0.329 e. The minimum atomic E-state index is -0.744. The standard InChI is InChI=1S/C10H16N4O3/c1-2-17-10(16)8(14-9(15)4-11)3-7-5-12-6-13-7/h5-6,8H,2-4,11H2,1H3,(H,12,13)(H,14,15)/t8-/m0/s1. The van der Waals surface area contributed by atoms with Crippen LogP contribution in [0.1, 0.15) is 12.6 Å². The molecule has 1 atom stereocenters. The molecule has 0 aromatic carbocycles. The van der Waals surface area contributed by atoms with Crippen molar-refractivity contribution in [1.29, 1.82) is 0 Å². The van der Waals surface area contributed by atoms with Gasteiger partial charge < -0.3 is 20.8 Å². The molecule has 0 unspecified atom stereocenters. The molecule has 1 aromatic rings. The Morgan fingerprint density at radius 1 is 1.65 bits per heavy atom. The predicted octanol–water partition coefficient (Wildman–Crippen LogP) is -1.04. The SMILES string of the molecule is CCOC(=O)[C@H](Cc1cnc[nH]1)NC(=O)CN. The maximum absolute atomic E-state index is 11.6. The molecule has 1 aromatic heterocycles. The van der Waals surface area contributed by atoms with Crippen LogP contribution >= 0.6 is 0 Å². The van der Waals surface area contributed by atoms with Crippen molar-refractivity contribution in [2.75, 3.05) is 13.2 Å². The van der Waals surface area contributed by atoms with E-state index in [1.807, 2.05) is 0 Å². The Kier molecular flexibility index (Phi) is 5.15.